The lowest BCUT2D eigenvalue weighted by Crippen LogP contribution is -2.18. The van der Waals surface area contributed by atoms with Gasteiger partial charge in [0.05, 0.1) is 12.2 Å². The minimum absolute atomic E-state index is 0.210. The van der Waals surface area contributed by atoms with Crippen LogP contribution in [-0.4, -0.2) is 18.1 Å². The highest BCUT2D eigenvalue weighted by Crippen LogP contribution is 2.19. The Hall–Kier alpha value is -1.94. The van der Waals surface area contributed by atoms with E-state index < -0.39 is 0 Å². The van der Waals surface area contributed by atoms with Crippen molar-refractivity contribution in [1.82, 2.24) is 10.3 Å². The van der Waals surface area contributed by atoms with Crippen LogP contribution in [0.25, 0.3) is 0 Å². The molecule has 4 heteroatoms. The summed E-state index contributed by atoms with van der Waals surface area (Å²) in [6.45, 7) is 1.60. The molecule has 3 rings (SSSR count). The van der Waals surface area contributed by atoms with Crippen molar-refractivity contribution in [3.05, 3.63) is 59.7 Å². The number of nitrogens with one attached hydrogen (secondary N) is 1. The van der Waals surface area contributed by atoms with Crippen LogP contribution in [0.5, 0.6) is 0 Å². The van der Waals surface area contributed by atoms with Crippen LogP contribution in [0.15, 0.2) is 42.6 Å². The van der Waals surface area contributed by atoms with Crippen molar-refractivity contribution in [1.29, 1.82) is 0 Å². The van der Waals surface area contributed by atoms with E-state index in [4.69, 9.17) is 0 Å². The highest BCUT2D eigenvalue weighted by Gasteiger charge is 2.19. The fraction of sp³-hybridized carbons (Fsp3) is 0.353. The third kappa shape index (κ3) is 4.02. The first-order valence-corrected chi connectivity index (χ1v) is 7.34. The monoisotopic (exact) mass is 285 g/mol. The van der Waals surface area contributed by atoms with Crippen molar-refractivity contribution in [3.8, 4) is 0 Å². The summed E-state index contributed by atoms with van der Waals surface area (Å²) in [5, 5.41) is 3.48. The van der Waals surface area contributed by atoms with Crippen molar-refractivity contribution in [3.63, 3.8) is 0 Å². The standard InChI is InChI=1S/C17H20FN3/c1-21(17-8-3-14(18)4-9-17)12-16-5-2-13(11-20-16)10-19-15-6-7-15/h2-5,8-9,11,15,19H,6-7,10,12H2,1H3. The van der Waals surface area contributed by atoms with Crippen molar-refractivity contribution >= 4 is 5.69 Å². The SMILES string of the molecule is CN(Cc1ccc(CNC2CC2)cn1)c1ccc(F)cc1. The summed E-state index contributed by atoms with van der Waals surface area (Å²) in [6, 6.07) is 11.4. The predicted molar refractivity (Wildman–Crippen MR) is 82.6 cm³/mol. The molecule has 0 bridgehead atoms. The molecular formula is C17H20FN3. The molecule has 1 heterocycles. The van der Waals surface area contributed by atoms with Gasteiger partial charge in [-0.3, -0.25) is 4.98 Å². The number of hydrogen-bond donors (Lipinski definition) is 1. The number of aromatic nitrogens is 1. The van der Waals surface area contributed by atoms with Gasteiger partial charge >= 0.3 is 0 Å². The maximum atomic E-state index is 12.9. The molecule has 0 spiro atoms. The average Bonchev–Trinajstić information content (AvgIpc) is 3.31. The number of benzene rings is 1. The largest absolute Gasteiger partial charge is 0.369 e. The van der Waals surface area contributed by atoms with Gasteiger partial charge in [0.1, 0.15) is 5.82 Å². The van der Waals surface area contributed by atoms with Gasteiger partial charge in [-0.15, -0.1) is 0 Å². The van der Waals surface area contributed by atoms with Crippen molar-refractivity contribution in [2.45, 2.75) is 32.0 Å². The smallest absolute Gasteiger partial charge is 0.123 e. The van der Waals surface area contributed by atoms with Gasteiger partial charge in [0.2, 0.25) is 0 Å². The van der Waals surface area contributed by atoms with Crippen LogP contribution >= 0.6 is 0 Å². The van der Waals surface area contributed by atoms with Gasteiger partial charge in [0.25, 0.3) is 0 Å². The van der Waals surface area contributed by atoms with E-state index in [0.29, 0.717) is 12.6 Å². The van der Waals surface area contributed by atoms with Gasteiger partial charge in [0.15, 0.2) is 0 Å². The molecule has 1 fully saturated rings. The quantitative estimate of drug-likeness (QED) is 0.884. The molecule has 0 atom stereocenters. The zero-order valence-corrected chi connectivity index (χ0v) is 12.2. The molecule has 0 radical (unpaired) electrons. The Morgan fingerprint density at radius 2 is 1.95 bits per heavy atom. The van der Waals surface area contributed by atoms with Gasteiger partial charge in [-0.2, -0.15) is 0 Å². The van der Waals surface area contributed by atoms with Crippen LogP contribution in [0.2, 0.25) is 0 Å². The summed E-state index contributed by atoms with van der Waals surface area (Å²) in [4.78, 5) is 6.56. The second-order valence-electron chi connectivity index (χ2n) is 5.65. The number of halogens is 1. The third-order valence-electron chi connectivity index (χ3n) is 3.72. The molecule has 2 aromatic rings. The number of anilines is 1. The fourth-order valence-electron chi connectivity index (χ4n) is 2.23. The topological polar surface area (TPSA) is 28.2 Å². The van der Waals surface area contributed by atoms with Crippen LogP contribution < -0.4 is 10.2 Å². The molecule has 1 aromatic heterocycles. The lowest BCUT2D eigenvalue weighted by Gasteiger charge is -2.18. The Morgan fingerprint density at radius 1 is 1.19 bits per heavy atom. The van der Waals surface area contributed by atoms with Crippen LogP contribution in [0.4, 0.5) is 10.1 Å². The Labute approximate surface area is 124 Å². The van der Waals surface area contributed by atoms with Crippen molar-refractivity contribution < 1.29 is 4.39 Å². The van der Waals surface area contributed by atoms with Gasteiger partial charge in [0, 0.05) is 31.5 Å². The Balaban J connectivity index is 1.57. The molecule has 3 nitrogen and oxygen atoms in total. The molecule has 1 N–H and O–H groups in total. The summed E-state index contributed by atoms with van der Waals surface area (Å²) in [5.74, 6) is -0.210. The molecule has 1 aromatic carbocycles. The van der Waals surface area contributed by atoms with E-state index in [0.717, 1.165) is 17.9 Å². The molecule has 1 saturated carbocycles. The summed E-state index contributed by atoms with van der Waals surface area (Å²) >= 11 is 0. The minimum Gasteiger partial charge on any atom is -0.369 e. The molecule has 21 heavy (non-hydrogen) atoms. The molecule has 0 saturated heterocycles. The van der Waals surface area contributed by atoms with E-state index in [1.54, 1.807) is 12.1 Å². The first-order chi connectivity index (χ1) is 10.2. The first-order valence-electron chi connectivity index (χ1n) is 7.34. The van der Waals surface area contributed by atoms with Crippen molar-refractivity contribution in [2.24, 2.45) is 0 Å². The zero-order valence-electron chi connectivity index (χ0n) is 12.2. The molecule has 110 valence electrons. The molecule has 0 aliphatic heterocycles. The minimum atomic E-state index is -0.210. The Bertz CT molecular complexity index is 576. The van der Waals surface area contributed by atoms with E-state index in [-0.39, 0.29) is 5.82 Å². The average molecular weight is 285 g/mol. The normalized spacial score (nSPS) is 14.2. The van der Waals surface area contributed by atoms with Gasteiger partial charge < -0.3 is 10.2 Å². The van der Waals surface area contributed by atoms with Crippen LogP contribution in [0.3, 0.4) is 0 Å². The zero-order chi connectivity index (χ0) is 14.7. The van der Waals surface area contributed by atoms with E-state index >= 15 is 0 Å². The highest BCUT2D eigenvalue weighted by atomic mass is 19.1. The van der Waals surface area contributed by atoms with Crippen molar-refractivity contribution in [2.75, 3.05) is 11.9 Å². The number of nitrogens with zero attached hydrogens (tertiary/aromatic N) is 2. The van der Waals surface area contributed by atoms with E-state index in [1.165, 1.54) is 30.5 Å². The van der Waals surface area contributed by atoms with Crippen LogP contribution in [-0.2, 0) is 13.1 Å². The Kier molecular flexibility index (Phi) is 4.15. The lowest BCUT2D eigenvalue weighted by atomic mass is 10.2. The molecule has 1 aliphatic rings. The third-order valence-corrected chi connectivity index (χ3v) is 3.72. The second kappa shape index (κ2) is 6.22. The number of pyridine rings is 1. The van der Waals surface area contributed by atoms with Crippen LogP contribution in [0.1, 0.15) is 24.1 Å². The molecular weight excluding hydrogens is 265 g/mol. The van der Waals surface area contributed by atoms with E-state index in [2.05, 4.69) is 27.3 Å². The first kappa shape index (κ1) is 14.0. The summed E-state index contributed by atoms with van der Waals surface area (Å²) in [6.07, 6.45) is 4.53. The van der Waals surface area contributed by atoms with E-state index in [9.17, 15) is 4.39 Å². The molecule has 1 aliphatic carbocycles. The predicted octanol–water partition coefficient (Wildman–Crippen LogP) is 3.11. The highest BCUT2D eigenvalue weighted by molar-refractivity contribution is 5.45. The van der Waals surface area contributed by atoms with E-state index in [1.807, 2.05) is 13.2 Å². The summed E-state index contributed by atoms with van der Waals surface area (Å²) in [5.41, 5.74) is 3.21. The second-order valence-corrected chi connectivity index (χ2v) is 5.65. The number of hydrogen-bond acceptors (Lipinski definition) is 3. The summed E-state index contributed by atoms with van der Waals surface area (Å²) < 4.78 is 12.9. The van der Waals surface area contributed by atoms with Gasteiger partial charge in [-0.1, -0.05) is 6.07 Å². The molecule has 0 amide bonds. The van der Waals surface area contributed by atoms with Crippen LogP contribution in [0, 0.1) is 5.82 Å². The number of rotatable bonds is 6. The fourth-order valence-corrected chi connectivity index (χ4v) is 2.23. The maximum Gasteiger partial charge on any atom is 0.123 e. The Morgan fingerprint density at radius 3 is 2.57 bits per heavy atom. The van der Waals surface area contributed by atoms with Gasteiger partial charge in [-0.25, -0.2) is 4.39 Å². The lowest BCUT2D eigenvalue weighted by molar-refractivity contribution is 0.627. The molecule has 0 unspecified atom stereocenters. The van der Waals surface area contributed by atoms with Gasteiger partial charge in [-0.05, 0) is 48.7 Å². The maximum absolute atomic E-state index is 12.9. The summed E-state index contributed by atoms with van der Waals surface area (Å²) in [7, 11) is 1.98.